The standard InChI is InChI=1S/C10H16N2O/c1-10(2,3)8-6-11-12-7-13-5-4-9(8)12/h6H,4-5,7H2,1-3H3. The molecule has 0 aliphatic carbocycles. The van der Waals surface area contributed by atoms with Crippen LogP contribution in [0.4, 0.5) is 0 Å². The highest BCUT2D eigenvalue weighted by molar-refractivity contribution is 5.26. The van der Waals surface area contributed by atoms with Gasteiger partial charge in [-0.1, -0.05) is 20.8 Å². The van der Waals surface area contributed by atoms with Crippen molar-refractivity contribution in [2.75, 3.05) is 6.61 Å². The van der Waals surface area contributed by atoms with Gasteiger partial charge >= 0.3 is 0 Å². The van der Waals surface area contributed by atoms with Gasteiger partial charge in [0.25, 0.3) is 0 Å². The van der Waals surface area contributed by atoms with Crippen molar-refractivity contribution in [2.45, 2.75) is 39.3 Å². The van der Waals surface area contributed by atoms with E-state index in [1.54, 1.807) is 0 Å². The Morgan fingerprint density at radius 1 is 1.46 bits per heavy atom. The highest BCUT2D eigenvalue weighted by atomic mass is 16.5. The zero-order valence-electron chi connectivity index (χ0n) is 8.50. The van der Waals surface area contributed by atoms with Gasteiger partial charge in [0.15, 0.2) is 0 Å². The van der Waals surface area contributed by atoms with Crippen molar-refractivity contribution in [1.82, 2.24) is 9.78 Å². The first kappa shape index (κ1) is 8.75. The van der Waals surface area contributed by atoms with Gasteiger partial charge in [0.05, 0.1) is 12.8 Å². The Morgan fingerprint density at radius 2 is 2.23 bits per heavy atom. The molecular weight excluding hydrogens is 164 g/mol. The molecule has 1 aliphatic heterocycles. The van der Waals surface area contributed by atoms with E-state index in [1.807, 2.05) is 10.9 Å². The molecule has 0 atom stereocenters. The van der Waals surface area contributed by atoms with Gasteiger partial charge in [0.2, 0.25) is 0 Å². The first-order chi connectivity index (χ1) is 6.09. The summed E-state index contributed by atoms with van der Waals surface area (Å²) in [6.45, 7) is 8.11. The highest BCUT2D eigenvalue weighted by Gasteiger charge is 2.23. The fourth-order valence-corrected chi connectivity index (χ4v) is 1.73. The Hall–Kier alpha value is -0.830. The molecule has 2 rings (SSSR count). The third-order valence-electron chi connectivity index (χ3n) is 2.45. The largest absolute Gasteiger partial charge is 0.359 e. The van der Waals surface area contributed by atoms with Gasteiger partial charge in [-0.25, -0.2) is 4.68 Å². The number of fused-ring (bicyclic) bond motifs is 1. The SMILES string of the molecule is CC(C)(C)c1cnn2c1CCOC2. The Kier molecular flexibility index (Phi) is 1.91. The van der Waals surface area contributed by atoms with Crippen LogP contribution in [0.1, 0.15) is 32.0 Å². The third kappa shape index (κ3) is 1.48. The van der Waals surface area contributed by atoms with Crippen molar-refractivity contribution in [3.05, 3.63) is 17.5 Å². The Morgan fingerprint density at radius 3 is 2.92 bits per heavy atom. The van der Waals surface area contributed by atoms with Gasteiger partial charge in [0.1, 0.15) is 6.73 Å². The molecule has 0 aromatic carbocycles. The van der Waals surface area contributed by atoms with Crippen LogP contribution in [0.25, 0.3) is 0 Å². The van der Waals surface area contributed by atoms with E-state index in [0.717, 1.165) is 13.0 Å². The average Bonchev–Trinajstić information content (AvgIpc) is 2.45. The normalized spacial score (nSPS) is 17.2. The molecule has 3 nitrogen and oxygen atoms in total. The second kappa shape index (κ2) is 2.84. The van der Waals surface area contributed by atoms with E-state index in [0.29, 0.717) is 6.73 Å². The quantitative estimate of drug-likeness (QED) is 0.607. The van der Waals surface area contributed by atoms with Gasteiger partial charge in [-0.05, 0) is 11.0 Å². The van der Waals surface area contributed by atoms with E-state index in [4.69, 9.17) is 4.74 Å². The average molecular weight is 180 g/mol. The molecule has 3 heteroatoms. The molecule has 0 amide bonds. The number of ether oxygens (including phenoxy) is 1. The number of nitrogens with zero attached hydrogens (tertiary/aromatic N) is 2. The maximum atomic E-state index is 5.32. The van der Waals surface area contributed by atoms with Crippen molar-refractivity contribution in [1.29, 1.82) is 0 Å². The number of hydrogen-bond acceptors (Lipinski definition) is 2. The van der Waals surface area contributed by atoms with Crippen molar-refractivity contribution in [2.24, 2.45) is 0 Å². The van der Waals surface area contributed by atoms with Crippen LogP contribution < -0.4 is 0 Å². The molecule has 0 N–H and O–H groups in total. The van der Waals surface area contributed by atoms with E-state index in [-0.39, 0.29) is 5.41 Å². The van der Waals surface area contributed by atoms with Crippen LogP contribution >= 0.6 is 0 Å². The molecule has 72 valence electrons. The predicted molar refractivity (Wildman–Crippen MR) is 50.6 cm³/mol. The van der Waals surface area contributed by atoms with Gasteiger partial charge in [-0.3, -0.25) is 0 Å². The van der Waals surface area contributed by atoms with E-state index in [1.165, 1.54) is 11.3 Å². The first-order valence-electron chi connectivity index (χ1n) is 4.72. The van der Waals surface area contributed by atoms with E-state index in [9.17, 15) is 0 Å². The fraction of sp³-hybridized carbons (Fsp3) is 0.700. The summed E-state index contributed by atoms with van der Waals surface area (Å²) in [6, 6.07) is 0. The van der Waals surface area contributed by atoms with Gasteiger partial charge in [0, 0.05) is 12.1 Å². The lowest BCUT2D eigenvalue weighted by atomic mass is 9.86. The molecular formula is C10H16N2O. The Bertz CT molecular complexity index is 309. The number of rotatable bonds is 0. The van der Waals surface area contributed by atoms with Crippen LogP contribution in [0.15, 0.2) is 6.20 Å². The minimum absolute atomic E-state index is 0.199. The fourth-order valence-electron chi connectivity index (χ4n) is 1.73. The van der Waals surface area contributed by atoms with Crippen molar-refractivity contribution in [3.63, 3.8) is 0 Å². The Balaban J connectivity index is 2.43. The molecule has 0 unspecified atom stereocenters. The summed E-state index contributed by atoms with van der Waals surface area (Å²) in [7, 11) is 0. The van der Waals surface area contributed by atoms with Crippen molar-refractivity contribution >= 4 is 0 Å². The molecule has 0 saturated carbocycles. The minimum atomic E-state index is 0.199. The molecule has 0 radical (unpaired) electrons. The van der Waals surface area contributed by atoms with Gasteiger partial charge < -0.3 is 4.74 Å². The summed E-state index contributed by atoms with van der Waals surface area (Å²) in [4.78, 5) is 0. The lowest BCUT2D eigenvalue weighted by Gasteiger charge is -2.22. The number of aromatic nitrogens is 2. The Labute approximate surface area is 78.7 Å². The van der Waals surface area contributed by atoms with E-state index < -0.39 is 0 Å². The molecule has 0 saturated heterocycles. The summed E-state index contributed by atoms with van der Waals surface area (Å²) in [5, 5.41) is 4.31. The maximum Gasteiger partial charge on any atom is 0.139 e. The van der Waals surface area contributed by atoms with Crippen LogP contribution in [0.5, 0.6) is 0 Å². The maximum absolute atomic E-state index is 5.32. The highest BCUT2D eigenvalue weighted by Crippen LogP contribution is 2.27. The molecule has 0 spiro atoms. The summed E-state index contributed by atoms with van der Waals surface area (Å²) in [5.74, 6) is 0. The van der Waals surface area contributed by atoms with Crippen molar-refractivity contribution < 1.29 is 4.74 Å². The second-order valence-corrected chi connectivity index (χ2v) is 4.54. The predicted octanol–water partition coefficient (Wildman–Crippen LogP) is 1.71. The monoisotopic (exact) mass is 180 g/mol. The molecule has 1 aromatic rings. The molecule has 1 aromatic heterocycles. The van der Waals surface area contributed by atoms with Crippen molar-refractivity contribution in [3.8, 4) is 0 Å². The minimum Gasteiger partial charge on any atom is -0.359 e. The molecule has 0 fully saturated rings. The summed E-state index contributed by atoms with van der Waals surface area (Å²) < 4.78 is 7.28. The van der Waals surface area contributed by atoms with Crippen LogP contribution in [0, 0.1) is 0 Å². The van der Waals surface area contributed by atoms with Crippen LogP contribution in [0.2, 0.25) is 0 Å². The van der Waals surface area contributed by atoms with E-state index >= 15 is 0 Å². The van der Waals surface area contributed by atoms with E-state index in [2.05, 4.69) is 25.9 Å². The molecule has 0 bridgehead atoms. The molecule has 2 heterocycles. The summed E-state index contributed by atoms with van der Waals surface area (Å²) >= 11 is 0. The molecule has 13 heavy (non-hydrogen) atoms. The third-order valence-corrected chi connectivity index (χ3v) is 2.45. The first-order valence-corrected chi connectivity index (χ1v) is 4.72. The van der Waals surface area contributed by atoms with Crippen LogP contribution in [0.3, 0.4) is 0 Å². The van der Waals surface area contributed by atoms with Gasteiger partial charge in [-0.2, -0.15) is 5.10 Å². The summed E-state index contributed by atoms with van der Waals surface area (Å²) in [5.41, 5.74) is 2.90. The lowest BCUT2D eigenvalue weighted by Crippen LogP contribution is -2.21. The smallest absolute Gasteiger partial charge is 0.139 e. The van der Waals surface area contributed by atoms with Gasteiger partial charge in [-0.15, -0.1) is 0 Å². The lowest BCUT2D eigenvalue weighted by molar-refractivity contribution is 0.0474. The van der Waals surface area contributed by atoms with Crippen LogP contribution in [-0.2, 0) is 23.3 Å². The zero-order chi connectivity index (χ0) is 9.47. The van der Waals surface area contributed by atoms with Crippen LogP contribution in [-0.4, -0.2) is 16.4 Å². The zero-order valence-corrected chi connectivity index (χ0v) is 8.50. The number of hydrogen-bond donors (Lipinski definition) is 0. The topological polar surface area (TPSA) is 27.1 Å². The second-order valence-electron chi connectivity index (χ2n) is 4.54. The molecule has 1 aliphatic rings. The summed E-state index contributed by atoms with van der Waals surface area (Å²) in [6.07, 6.45) is 2.97.